The lowest BCUT2D eigenvalue weighted by atomic mass is 9.98. The fraction of sp³-hybridized carbons (Fsp3) is 0.389. The summed E-state index contributed by atoms with van der Waals surface area (Å²) in [6.07, 6.45) is 3.92. The zero-order valence-corrected chi connectivity index (χ0v) is 13.1. The Morgan fingerprint density at radius 3 is 2.70 bits per heavy atom. The lowest BCUT2D eigenvalue weighted by Crippen LogP contribution is -2.34. The average Bonchev–Trinajstić information content (AvgIpc) is 2.61. The van der Waals surface area contributed by atoms with Crippen LogP contribution in [0.25, 0.3) is 0 Å². The summed E-state index contributed by atoms with van der Waals surface area (Å²) in [5, 5.41) is 12.4. The van der Waals surface area contributed by atoms with E-state index in [0.717, 1.165) is 43.0 Å². The summed E-state index contributed by atoms with van der Waals surface area (Å²) < 4.78 is 13.1. The molecule has 2 heterocycles. The van der Waals surface area contributed by atoms with Crippen LogP contribution in [-0.4, -0.2) is 29.8 Å². The van der Waals surface area contributed by atoms with Gasteiger partial charge < -0.3 is 15.3 Å². The van der Waals surface area contributed by atoms with Crippen LogP contribution in [0, 0.1) is 11.7 Å². The third-order valence-electron chi connectivity index (χ3n) is 4.35. The summed E-state index contributed by atoms with van der Waals surface area (Å²) in [7, 11) is 0. The second-order valence-corrected chi connectivity index (χ2v) is 6.00. The highest BCUT2D eigenvalue weighted by atomic mass is 19.1. The average molecular weight is 315 g/mol. The van der Waals surface area contributed by atoms with E-state index in [-0.39, 0.29) is 12.4 Å². The fourth-order valence-electron chi connectivity index (χ4n) is 2.89. The number of aliphatic hydroxyl groups is 1. The molecule has 1 aliphatic heterocycles. The van der Waals surface area contributed by atoms with E-state index in [2.05, 4.69) is 21.3 Å². The molecule has 4 nitrogen and oxygen atoms in total. The van der Waals surface area contributed by atoms with Crippen LogP contribution in [0.4, 0.5) is 15.9 Å². The van der Waals surface area contributed by atoms with Crippen LogP contribution in [0.3, 0.4) is 0 Å². The fourth-order valence-corrected chi connectivity index (χ4v) is 2.89. The summed E-state index contributed by atoms with van der Waals surface area (Å²) >= 11 is 0. The molecule has 5 heteroatoms. The third-order valence-corrected chi connectivity index (χ3v) is 4.35. The SMILES string of the molecule is OCC1CCN(c2ccc(NCc3cccc(F)c3)nc2)CC1. The predicted molar refractivity (Wildman–Crippen MR) is 90.0 cm³/mol. The molecular formula is C18H22FN3O. The van der Waals surface area contributed by atoms with Gasteiger partial charge >= 0.3 is 0 Å². The second-order valence-electron chi connectivity index (χ2n) is 6.00. The van der Waals surface area contributed by atoms with Crippen molar-refractivity contribution in [3.8, 4) is 0 Å². The van der Waals surface area contributed by atoms with Gasteiger partial charge in [-0.25, -0.2) is 9.37 Å². The standard InChI is InChI=1S/C18H22FN3O/c19-16-3-1-2-15(10-16)11-20-18-5-4-17(12-21-18)22-8-6-14(13-23)7-9-22/h1-5,10,12,14,23H,6-9,11,13H2,(H,20,21). The van der Waals surface area contributed by atoms with Gasteiger partial charge in [0.25, 0.3) is 0 Å². The van der Waals surface area contributed by atoms with Crippen molar-refractivity contribution in [3.05, 3.63) is 54.0 Å². The van der Waals surface area contributed by atoms with Crippen LogP contribution in [0.5, 0.6) is 0 Å². The van der Waals surface area contributed by atoms with E-state index in [9.17, 15) is 9.50 Å². The molecule has 2 aromatic rings. The summed E-state index contributed by atoms with van der Waals surface area (Å²) in [5.74, 6) is 0.994. The lowest BCUT2D eigenvalue weighted by molar-refractivity contribution is 0.203. The quantitative estimate of drug-likeness (QED) is 0.890. The number of halogens is 1. The highest BCUT2D eigenvalue weighted by Crippen LogP contribution is 2.23. The minimum Gasteiger partial charge on any atom is -0.396 e. The Morgan fingerprint density at radius 1 is 1.22 bits per heavy atom. The van der Waals surface area contributed by atoms with E-state index in [4.69, 9.17) is 0 Å². The van der Waals surface area contributed by atoms with Crippen LogP contribution < -0.4 is 10.2 Å². The van der Waals surface area contributed by atoms with Crippen LogP contribution in [0.1, 0.15) is 18.4 Å². The van der Waals surface area contributed by atoms with Crippen LogP contribution in [0.2, 0.25) is 0 Å². The summed E-state index contributed by atoms with van der Waals surface area (Å²) in [4.78, 5) is 6.74. The van der Waals surface area contributed by atoms with Crippen molar-refractivity contribution >= 4 is 11.5 Å². The molecule has 0 bridgehead atoms. The number of anilines is 2. The molecule has 0 amide bonds. The van der Waals surface area contributed by atoms with E-state index in [1.165, 1.54) is 12.1 Å². The number of benzene rings is 1. The van der Waals surface area contributed by atoms with Crippen molar-refractivity contribution in [1.29, 1.82) is 0 Å². The Kier molecular flexibility index (Phi) is 5.08. The largest absolute Gasteiger partial charge is 0.396 e. The molecule has 0 atom stereocenters. The van der Waals surface area contributed by atoms with E-state index < -0.39 is 0 Å². The number of nitrogens with one attached hydrogen (secondary N) is 1. The van der Waals surface area contributed by atoms with Crippen molar-refractivity contribution in [2.24, 2.45) is 5.92 Å². The van der Waals surface area contributed by atoms with Crippen molar-refractivity contribution in [2.45, 2.75) is 19.4 Å². The first-order valence-corrected chi connectivity index (χ1v) is 8.05. The molecule has 0 aliphatic carbocycles. The molecular weight excluding hydrogens is 293 g/mol. The third kappa shape index (κ3) is 4.20. The molecule has 0 spiro atoms. The van der Waals surface area contributed by atoms with Gasteiger partial charge in [0.05, 0.1) is 11.9 Å². The molecule has 1 fully saturated rings. The molecule has 23 heavy (non-hydrogen) atoms. The van der Waals surface area contributed by atoms with Gasteiger partial charge in [0, 0.05) is 26.2 Å². The molecule has 0 radical (unpaired) electrons. The van der Waals surface area contributed by atoms with Crippen LogP contribution >= 0.6 is 0 Å². The first-order valence-electron chi connectivity index (χ1n) is 8.05. The lowest BCUT2D eigenvalue weighted by Gasteiger charge is -2.32. The van der Waals surface area contributed by atoms with Gasteiger partial charge in [0.2, 0.25) is 0 Å². The Bertz CT molecular complexity index is 624. The number of rotatable bonds is 5. The van der Waals surface area contributed by atoms with Crippen molar-refractivity contribution in [1.82, 2.24) is 4.98 Å². The summed E-state index contributed by atoms with van der Waals surface area (Å²) in [6.45, 7) is 2.76. The van der Waals surface area contributed by atoms with Gasteiger partial charge in [-0.2, -0.15) is 0 Å². The van der Waals surface area contributed by atoms with Crippen LogP contribution in [0.15, 0.2) is 42.6 Å². The number of hydrogen-bond donors (Lipinski definition) is 2. The molecule has 3 rings (SSSR count). The van der Waals surface area contributed by atoms with Crippen molar-refractivity contribution in [2.75, 3.05) is 29.9 Å². The molecule has 0 unspecified atom stereocenters. The van der Waals surface area contributed by atoms with Gasteiger partial charge in [-0.1, -0.05) is 12.1 Å². The van der Waals surface area contributed by atoms with Crippen LogP contribution in [-0.2, 0) is 6.54 Å². The Balaban J connectivity index is 1.55. The maximum atomic E-state index is 13.1. The number of pyridine rings is 1. The Morgan fingerprint density at radius 2 is 2.04 bits per heavy atom. The van der Waals surface area contributed by atoms with Gasteiger partial charge in [0.15, 0.2) is 0 Å². The molecule has 122 valence electrons. The number of aromatic nitrogens is 1. The smallest absolute Gasteiger partial charge is 0.126 e. The molecule has 0 saturated carbocycles. The maximum Gasteiger partial charge on any atom is 0.126 e. The van der Waals surface area contributed by atoms with Gasteiger partial charge in [0.1, 0.15) is 11.6 Å². The predicted octanol–water partition coefficient (Wildman–Crippen LogP) is 3.04. The highest BCUT2D eigenvalue weighted by Gasteiger charge is 2.18. The monoisotopic (exact) mass is 315 g/mol. The van der Waals surface area contributed by atoms with E-state index in [1.54, 1.807) is 6.07 Å². The van der Waals surface area contributed by atoms with Crippen molar-refractivity contribution in [3.63, 3.8) is 0 Å². The number of piperidine rings is 1. The number of aliphatic hydroxyl groups excluding tert-OH is 1. The summed E-state index contributed by atoms with van der Waals surface area (Å²) in [6, 6.07) is 10.6. The van der Waals surface area contributed by atoms with Gasteiger partial charge in [-0.15, -0.1) is 0 Å². The first kappa shape index (κ1) is 15.7. The summed E-state index contributed by atoms with van der Waals surface area (Å²) in [5.41, 5.74) is 2.00. The minimum atomic E-state index is -0.223. The van der Waals surface area contributed by atoms with Gasteiger partial charge in [-0.3, -0.25) is 0 Å². The van der Waals surface area contributed by atoms with Crippen molar-refractivity contribution < 1.29 is 9.50 Å². The Labute approximate surface area is 136 Å². The molecule has 1 aromatic heterocycles. The zero-order chi connectivity index (χ0) is 16.1. The topological polar surface area (TPSA) is 48.4 Å². The van der Waals surface area contributed by atoms with Gasteiger partial charge in [-0.05, 0) is 48.6 Å². The molecule has 1 aromatic carbocycles. The minimum absolute atomic E-state index is 0.223. The second kappa shape index (κ2) is 7.42. The number of hydrogen-bond acceptors (Lipinski definition) is 4. The maximum absolute atomic E-state index is 13.1. The normalized spacial score (nSPS) is 15.7. The zero-order valence-electron chi connectivity index (χ0n) is 13.1. The number of nitrogens with zero attached hydrogens (tertiary/aromatic N) is 2. The van der Waals surface area contributed by atoms with E-state index in [1.807, 2.05) is 18.3 Å². The molecule has 1 saturated heterocycles. The van der Waals surface area contributed by atoms with E-state index in [0.29, 0.717) is 12.5 Å². The first-order chi connectivity index (χ1) is 11.2. The molecule has 2 N–H and O–H groups in total. The molecule has 1 aliphatic rings. The Hall–Kier alpha value is -2.14. The highest BCUT2D eigenvalue weighted by molar-refractivity contribution is 5.49. The van der Waals surface area contributed by atoms with E-state index >= 15 is 0 Å².